The standard InChI is InChI=1S/C11H13BrN4O2/c1-18-7-8(17)6-16-14-11(13-15-16)9-4-2-3-5-10(9)12/h2-5,8,17H,6-7H2,1H3/t8-/m0/s1. The van der Waals surface area contributed by atoms with Crippen LogP contribution in [-0.2, 0) is 11.3 Å². The molecule has 0 aliphatic carbocycles. The first kappa shape index (κ1) is 13.1. The summed E-state index contributed by atoms with van der Waals surface area (Å²) >= 11 is 3.43. The Labute approximate surface area is 113 Å². The zero-order valence-electron chi connectivity index (χ0n) is 9.82. The van der Waals surface area contributed by atoms with E-state index in [9.17, 15) is 5.11 Å². The Hall–Kier alpha value is -1.31. The first-order valence-corrected chi connectivity index (χ1v) is 6.19. The normalized spacial score (nSPS) is 12.6. The molecule has 18 heavy (non-hydrogen) atoms. The van der Waals surface area contributed by atoms with Gasteiger partial charge in [0.2, 0.25) is 5.82 Å². The van der Waals surface area contributed by atoms with Crippen LogP contribution in [0.5, 0.6) is 0 Å². The highest BCUT2D eigenvalue weighted by Crippen LogP contribution is 2.24. The number of methoxy groups -OCH3 is 1. The summed E-state index contributed by atoms with van der Waals surface area (Å²) in [6, 6.07) is 7.63. The van der Waals surface area contributed by atoms with Crippen molar-refractivity contribution in [1.82, 2.24) is 20.2 Å². The molecule has 0 unspecified atom stereocenters. The van der Waals surface area contributed by atoms with E-state index in [1.54, 1.807) is 0 Å². The number of aliphatic hydroxyl groups excluding tert-OH is 1. The molecule has 1 aromatic heterocycles. The van der Waals surface area contributed by atoms with Gasteiger partial charge in [0.1, 0.15) is 0 Å². The molecular formula is C11H13BrN4O2. The molecule has 1 N–H and O–H groups in total. The number of hydrogen-bond donors (Lipinski definition) is 1. The monoisotopic (exact) mass is 312 g/mol. The van der Waals surface area contributed by atoms with Crippen LogP contribution in [0.1, 0.15) is 0 Å². The second-order valence-corrected chi connectivity index (χ2v) is 4.61. The van der Waals surface area contributed by atoms with Crippen molar-refractivity contribution < 1.29 is 9.84 Å². The van der Waals surface area contributed by atoms with Gasteiger partial charge in [0.25, 0.3) is 0 Å². The molecule has 6 nitrogen and oxygen atoms in total. The summed E-state index contributed by atoms with van der Waals surface area (Å²) in [4.78, 5) is 1.36. The first-order valence-electron chi connectivity index (χ1n) is 5.40. The van der Waals surface area contributed by atoms with Crippen LogP contribution in [0.2, 0.25) is 0 Å². The lowest BCUT2D eigenvalue weighted by atomic mass is 10.2. The highest BCUT2D eigenvalue weighted by Gasteiger charge is 2.11. The third kappa shape index (κ3) is 3.12. The lowest BCUT2D eigenvalue weighted by Gasteiger charge is -2.06. The minimum absolute atomic E-state index is 0.242. The van der Waals surface area contributed by atoms with E-state index in [2.05, 4.69) is 31.3 Å². The fraction of sp³-hybridized carbons (Fsp3) is 0.364. The molecule has 2 aromatic rings. The highest BCUT2D eigenvalue weighted by atomic mass is 79.9. The maximum absolute atomic E-state index is 9.57. The minimum Gasteiger partial charge on any atom is -0.389 e. The maximum atomic E-state index is 9.57. The average molecular weight is 313 g/mol. The molecule has 1 aromatic carbocycles. The van der Waals surface area contributed by atoms with E-state index in [0.29, 0.717) is 5.82 Å². The van der Waals surface area contributed by atoms with Gasteiger partial charge in [-0.3, -0.25) is 0 Å². The maximum Gasteiger partial charge on any atom is 0.206 e. The third-order valence-electron chi connectivity index (χ3n) is 2.30. The second-order valence-electron chi connectivity index (χ2n) is 3.76. The summed E-state index contributed by atoms with van der Waals surface area (Å²) in [6.45, 7) is 0.497. The largest absolute Gasteiger partial charge is 0.389 e. The summed E-state index contributed by atoms with van der Waals surface area (Å²) in [7, 11) is 1.53. The van der Waals surface area contributed by atoms with Gasteiger partial charge < -0.3 is 9.84 Å². The van der Waals surface area contributed by atoms with Crippen LogP contribution in [0.25, 0.3) is 11.4 Å². The first-order chi connectivity index (χ1) is 8.70. The van der Waals surface area contributed by atoms with E-state index >= 15 is 0 Å². The van der Waals surface area contributed by atoms with Crippen molar-refractivity contribution in [3.63, 3.8) is 0 Å². The van der Waals surface area contributed by atoms with Crippen LogP contribution in [-0.4, -0.2) is 45.1 Å². The van der Waals surface area contributed by atoms with Crippen LogP contribution >= 0.6 is 15.9 Å². The third-order valence-corrected chi connectivity index (χ3v) is 2.99. The minimum atomic E-state index is -0.642. The number of aliphatic hydroxyl groups is 1. The summed E-state index contributed by atoms with van der Waals surface area (Å²) in [5.41, 5.74) is 0.866. The van der Waals surface area contributed by atoms with Crippen molar-refractivity contribution >= 4 is 15.9 Å². The number of halogens is 1. The van der Waals surface area contributed by atoms with Crippen LogP contribution in [0.3, 0.4) is 0 Å². The van der Waals surface area contributed by atoms with Crippen LogP contribution in [0, 0.1) is 0 Å². The van der Waals surface area contributed by atoms with Gasteiger partial charge in [-0.1, -0.05) is 28.1 Å². The lowest BCUT2D eigenvalue weighted by molar-refractivity contribution is 0.0483. The van der Waals surface area contributed by atoms with Gasteiger partial charge in [-0.15, -0.1) is 10.2 Å². The van der Waals surface area contributed by atoms with Gasteiger partial charge >= 0.3 is 0 Å². The van der Waals surface area contributed by atoms with Crippen LogP contribution in [0.4, 0.5) is 0 Å². The molecule has 0 saturated carbocycles. The molecule has 0 aliphatic rings. The summed E-state index contributed by atoms with van der Waals surface area (Å²) in [5, 5.41) is 21.6. The number of hydrogen-bond acceptors (Lipinski definition) is 5. The zero-order chi connectivity index (χ0) is 13.0. The van der Waals surface area contributed by atoms with E-state index in [0.717, 1.165) is 10.0 Å². The predicted molar refractivity (Wildman–Crippen MR) is 68.8 cm³/mol. The summed E-state index contributed by atoms with van der Waals surface area (Å²) in [5.74, 6) is 0.520. The molecule has 1 atom stereocenters. The van der Waals surface area contributed by atoms with Crippen LogP contribution < -0.4 is 0 Å². The van der Waals surface area contributed by atoms with Crippen LogP contribution in [0.15, 0.2) is 28.7 Å². The molecule has 0 bridgehead atoms. The van der Waals surface area contributed by atoms with Crippen molar-refractivity contribution in [2.24, 2.45) is 0 Å². The molecule has 2 rings (SSSR count). The number of aromatic nitrogens is 4. The molecule has 0 amide bonds. The smallest absolute Gasteiger partial charge is 0.206 e. The average Bonchev–Trinajstić information content (AvgIpc) is 2.78. The number of tetrazole rings is 1. The van der Waals surface area contributed by atoms with Crippen molar-refractivity contribution in [3.8, 4) is 11.4 Å². The molecule has 1 heterocycles. The van der Waals surface area contributed by atoms with Crippen molar-refractivity contribution in [2.45, 2.75) is 12.6 Å². The Bertz CT molecular complexity index is 517. The Balaban J connectivity index is 2.13. The van der Waals surface area contributed by atoms with Gasteiger partial charge in [0, 0.05) is 17.1 Å². The molecule has 7 heteroatoms. The summed E-state index contributed by atoms with van der Waals surface area (Å²) in [6.07, 6.45) is -0.642. The fourth-order valence-electron chi connectivity index (χ4n) is 1.50. The molecule has 0 spiro atoms. The number of nitrogens with zero attached hydrogens (tertiary/aromatic N) is 4. The Morgan fingerprint density at radius 2 is 2.22 bits per heavy atom. The molecule has 0 radical (unpaired) electrons. The number of rotatable bonds is 5. The summed E-state index contributed by atoms with van der Waals surface area (Å²) < 4.78 is 5.74. The molecule has 0 aliphatic heterocycles. The quantitative estimate of drug-likeness (QED) is 0.895. The van der Waals surface area contributed by atoms with Gasteiger partial charge in [-0.2, -0.15) is 4.80 Å². The van der Waals surface area contributed by atoms with E-state index < -0.39 is 6.10 Å². The molecule has 0 saturated heterocycles. The van der Waals surface area contributed by atoms with Crippen molar-refractivity contribution in [3.05, 3.63) is 28.7 Å². The van der Waals surface area contributed by atoms with Crippen molar-refractivity contribution in [2.75, 3.05) is 13.7 Å². The van der Waals surface area contributed by atoms with E-state index in [-0.39, 0.29) is 13.2 Å². The molecule has 0 fully saturated rings. The second kappa shape index (κ2) is 6.03. The number of benzene rings is 1. The zero-order valence-corrected chi connectivity index (χ0v) is 11.4. The SMILES string of the molecule is COC[C@@H](O)Cn1nnc(-c2ccccc2Br)n1. The molecular weight excluding hydrogens is 300 g/mol. The van der Waals surface area contributed by atoms with E-state index in [4.69, 9.17) is 4.74 Å². The Morgan fingerprint density at radius 1 is 1.44 bits per heavy atom. The predicted octanol–water partition coefficient (Wildman–Crippen LogP) is 1.11. The van der Waals surface area contributed by atoms with Gasteiger partial charge in [0.15, 0.2) is 0 Å². The topological polar surface area (TPSA) is 73.1 Å². The Kier molecular flexibility index (Phi) is 4.40. The number of ether oxygens (including phenoxy) is 1. The van der Waals surface area contributed by atoms with Crippen molar-refractivity contribution in [1.29, 1.82) is 0 Å². The Morgan fingerprint density at radius 3 is 2.94 bits per heavy atom. The van der Waals surface area contributed by atoms with E-state index in [1.165, 1.54) is 11.9 Å². The molecule has 96 valence electrons. The highest BCUT2D eigenvalue weighted by molar-refractivity contribution is 9.10. The van der Waals surface area contributed by atoms with Gasteiger partial charge in [0.05, 0.1) is 19.3 Å². The van der Waals surface area contributed by atoms with E-state index in [1.807, 2.05) is 24.3 Å². The fourth-order valence-corrected chi connectivity index (χ4v) is 1.97. The van der Waals surface area contributed by atoms with Gasteiger partial charge in [-0.25, -0.2) is 0 Å². The lowest BCUT2D eigenvalue weighted by Crippen LogP contribution is -2.22. The van der Waals surface area contributed by atoms with Gasteiger partial charge in [-0.05, 0) is 17.3 Å².